The van der Waals surface area contributed by atoms with E-state index in [-0.39, 0.29) is 17.3 Å². The minimum atomic E-state index is -4.13. The number of sulfonamides is 1. The van der Waals surface area contributed by atoms with Crippen LogP contribution in [0, 0.1) is 10.1 Å². The molecule has 0 bridgehead atoms. The summed E-state index contributed by atoms with van der Waals surface area (Å²) >= 11 is 0. The van der Waals surface area contributed by atoms with E-state index in [2.05, 4.69) is 0 Å². The number of para-hydroxylation sites is 1. The lowest BCUT2D eigenvalue weighted by Crippen LogP contribution is -2.51. The molecule has 1 aromatic rings. The molecule has 136 valence electrons. The normalized spacial score (nSPS) is 22.1. The van der Waals surface area contributed by atoms with Crippen LogP contribution in [0.5, 0.6) is 0 Å². The molecule has 0 aliphatic carbocycles. The second-order valence-electron chi connectivity index (χ2n) is 5.94. The lowest BCUT2D eigenvalue weighted by Gasteiger charge is -2.32. The molecule has 9 nitrogen and oxygen atoms in total. The minimum Gasteiger partial charge on any atom is -0.378 e. The van der Waals surface area contributed by atoms with Gasteiger partial charge in [0.1, 0.15) is 6.04 Å². The van der Waals surface area contributed by atoms with Crippen LogP contribution < -0.4 is 0 Å². The zero-order valence-electron chi connectivity index (χ0n) is 13.5. The highest BCUT2D eigenvalue weighted by Gasteiger charge is 2.43. The van der Waals surface area contributed by atoms with Gasteiger partial charge >= 0.3 is 0 Å². The van der Waals surface area contributed by atoms with Crippen LogP contribution in [-0.4, -0.2) is 67.3 Å². The Morgan fingerprint density at radius 3 is 2.56 bits per heavy atom. The molecule has 2 fully saturated rings. The second kappa shape index (κ2) is 7.06. The first kappa shape index (κ1) is 17.8. The summed E-state index contributed by atoms with van der Waals surface area (Å²) in [6.45, 7) is 1.88. The third kappa shape index (κ3) is 3.37. The number of carbonyl (C=O) groups excluding carboxylic acids is 1. The molecule has 2 aliphatic heterocycles. The van der Waals surface area contributed by atoms with Crippen molar-refractivity contribution in [2.24, 2.45) is 0 Å². The monoisotopic (exact) mass is 369 g/mol. The lowest BCUT2D eigenvalue weighted by molar-refractivity contribution is -0.387. The quantitative estimate of drug-likeness (QED) is 0.568. The maximum Gasteiger partial charge on any atom is 0.289 e. The Labute approximate surface area is 145 Å². The number of hydrogen-bond donors (Lipinski definition) is 0. The molecule has 1 atom stereocenters. The molecule has 1 amide bonds. The van der Waals surface area contributed by atoms with Gasteiger partial charge in [-0.25, -0.2) is 8.42 Å². The van der Waals surface area contributed by atoms with E-state index in [1.165, 1.54) is 18.2 Å². The van der Waals surface area contributed by atoms with E-state index >= 15 is 0 Å². The number of morpholine rings is 1. The van der Waals surface area contributed by atoms with Gasteiger partial charge in [-0.1, -0.05) is 12.1 Å². The molecule has 0 aromatic heterocycles. The number of ether oxygens (including phenoxy) is 1. The number of nitro groups is 1. The second-order valence-corrected chi connectivity index (χ2v) is 7.80. The number of hydrogen-bond acceptors (Lipinski definition) is 6. The molecular weight excluding hydrogens is 350 g/mol. The Bertz CT molecular complexity index is 775. The average molecular weight is 369 g/mol. The summed E-state index contributed by atoms with van der Waals surface area (Å²) in [5.41, 5.74) is -0.480. The fraction of sp³-hybridized carbons (Fsp3) is 0.533. The summed E-state index contributed by atoms with van der Waals surface area (Å²) in [6.07, 6.45) is 0.955. The molecule has 0 N–H and O–H groups in total. The predicted molar refractivity (Wildman–Crippen MR) is 87.4 cm³/mol. The van der Waals surface area contributed by atoms with Crippen molar-refractivity contribution in [3.05, 3.63) is 34.4 Å². The number of rotatable bonds is 4. The highest BCUT2D eigenvalue weighted by molar-refractivity contribution is 7.89. The van der Waals surface area contributed by atoms with Gasteiger partial charge < -0.3 is 9.64 Å². The topological polar surface area (TPSA) is 110 Å². The van der Waals surface area contributed by atoms with Crippen molar-refractivity contribution in [3.63, 3.8) is 0 Å². The van der Waals surface area contributed by atoms with Crippen molar-refractivity contribution < 1.29 is 22.9 Å². The van der Waals surface area contributed by atoms with E-state index in [1.807, 2.05) is 0 Å². The van der Waals surface area contributed by atoms with E-state index in [0.29, 0.717) is 39.1 Å². The number of carbonyl (C=O) groups is 1. The Balaban J connectivity index is 1.91. The van der Waals surface area contributed by atoms with Crippen LogP contribution in [0.15, 0.2) is 29.2 Å². The molecule has 2 heterocycles. The third-order valence-electron chi connectivity index (χ3n) is 4.46. The van der Waals surface area contributed by atoms with Crippen LogP contribution >= 0.6 is 0 Å². The highest BCUT2D eigenvalue weighted by Crippen LogP contribution is 2.32. The summed E-state index contributed by atoms with van der Waals surface area (Å²) in [6, 6.07) is 4.40. The average Bonchev–Trinajstić information content (AvgIpc) is 3.12. The molecule has 25 heavy (non-hydrogen) atoms. The fourth-order valence-electron chi connectivity index (χ4n) is 3.22. The van der Waals surface area contributed by atoms with E-state index < -0.39 is 26.7 Å². The first-order valence-electron chi connectivity index (χ1n) is 8.05. The highest BCUT2D eigenvalue weighted by atomic mass is 32.2. The maximum atomic E-state index is 13.0. The van der Waals surface area contributed by atoms with E-state index in [0.717, 1.165) is 10.4 Å². The van der Waals surface area contributed by atoms with Crippen LogP contribution in [0.2, 0.25) is 0 Å². The first-order valence-corrected chi connectivity index (χ1v) is 9.49. The first-order chi connectivity index (χ1) is 11.9. The zero-order valence-corrected chi connectivity index (χ0v) is 14.4. The lowest BCUT2D eigenvalue weighted by atomic mass is 10.2. The van der Waals surface area contributed by atoms with Gasteiger partial charge in [0.05, 0.1) is 18.1 Å². The van der Waals surface area contributed by atoms with Crippen molar-refractivity contribution in [3.8, 4) is 0 Å². The molecule has 1 aromatic carbocycles. The number of benzene rings is 1. The third-order valence-corrected chi connectivity index (χ3v) is 6.42. The van der Waals surface area contributed by atoms with Crippen LogP contribution in [0.3, 0.4) is 0 Å². The molecule has 0 spiro atoms. The fourth-order valence-corrected chi connectivity index (χ4v) is 5.03. The van der Waals surface area contributed by atoms with Crippen molar-refractivity contribution in [1.29, 1.82) is 0 Å². The molecular formula is C15H19N3O6S. The van der Waals surface area contributed by atoms with Gasteiger partial charge in [0.25, 0.3) is 15.7 Å². The standard InChI is InChI=1S/C15H19N3O6S/c19-15(16-8-10-24-11-9-16)13-5-3-7-17(13)25(22,23)14-6-2-1-4-12(14)18(20)21/h1-2,4,6,13H,3,5,7-11H2. The Hall–Kier alpha value is -2.04. The van der Waals surface area contributed by atoms with Gasteiger partial charge in [0.15, 0.2) is 4.90 Å². The Morgan fingerprint density at radius 1 is 1.20 bits per heavy atom. The van der Waals surface area contributed by atoms with Crippen LogP contribution in [0.25, 0.3) is 0 Å². The van der Waals surface area contributed by atoms with Crippen molar-refractivity contribution in [1.82, 2.24) is 9.21 Å². The van der Waals surface area contributed by atoms with E-state index in [1.54, 1.807) is 4.90 Å². The number of nitrogens with zero attached hydrogens (tertiary/aromatic N) is 3. The Morgan fingerprint density at radius 2 is 1.88 bits per heavy atom. The van der Waals surface area contributed by atoms with Gasteiger partial charge in [0.2, 0.25) is 5.91 Å². The van der Waals surface area contributed by atoms with Crippen molar-refractivity contribution in [2.45, 2.75) is 23.8 Å². The number of nitro benzene ring substituents is 1. The molecule has 1 unspecified atom stereocenters. The van der Waals surface area contributed by atoms with Gasteiger partial charge in [-0.05, 0) is 18.9 Å². The summed E-state index contributed by atoms with van der Waals surface area (Å²) < 4.78 is 32.3. The van der Waals surface area contributed by atoms with E-state index in [9.17, 15) is 23.3 Å². The van der Waals surface area contributed by atoms with Crippen molar-refractivity contribution >= 4 is 21.6 Å². The summed E-state index contributed by atoms with van der Waals surface area (Å²) in [7, 11) is -4.13. The van der Waals surface area contributed by atoms with Gasteiger partial charge in [-0.3, -0.25) is 14.9 Å². The largest absolute Gasteiger partial charge is 0.378 e. The van der Waals surface area contributed by atoms with Gasteiger partial charge in [-0.15, -0.1) is 0 Å². The molecule has 0 saturated carbocycles. The van der Waals surface area contributed by atoms with E-state index in [4.69, 9.17) is 4.74 Å². The van der Waals surface area contributed by atoms with Crippen LogP contribution in [0.4, 0.5) is 5.69 Å². The summed E-state index contributed by atoms with van der Waals surface area (Å²) in [5, 5.41) is 11.2. The smallest absolute Gasteiger partial charge is 0.289 e. The Kier molecular flexibility index (Phi) is 5.02. The molecule has 3 rings (SSSR count). The van der Waals surface area contributed by atoms with Gasteiger partial charge in [0, 0.05) is 25.7 Å². The van der Waals surface area contributed by atoms with Crippen LogP contribution in [-0.2, 0) is 19.6 Å². The predicted octanol–water partition coefficient (Wildman–Crippen LogP) is 0.607. The van der Waals surface area contributed by atoms with Gasteiger partial charge in [-0.2, -0.15) is 4.31 Å². The number of amides is 1. The van der Waals surface area contributed by atoms with Crippen molar-refractivity contribution in [2.75, 3.05) is 32.8 Å². The summed E-state index contributed by atoms with van der Waals surface area (Å²) in [5.74, 6) is -0.261. The molecule has 2 saturated heterocycles. The molecule has 2 aliphatic rings. The minimum absolute atomic E-state index is 0.176. The summed E-state index contributed by atoms with van der Waals surface area (Å²) in [4.78, 5) is 24.4. The zero-order chi connectivity index (χ0) is 18.0. The molecule has 0 radical (unpaired) electrons. The SMILES string of the molecule is O=C(C1CCCN1S(=O)(=O)c1ccccc1[N+](=O)[O-])N1CCOCC1. The maximum absolute atomic E-state index is 13.0. The van der Waals surface area contributed by atoms with Crippen LogP contribution in [0.1, 0.15) is 12.8 Å². The molecule has 10 heteroatoms.